The Morgan fingerprint density at radius 1 is 1.21 bits per heavy atom. The van der Waals surface area contributed by atoms with E-state index < -0.39 is 0 Å². The molecule has 0 saturated heterocycles. The van der Waals surface area contributed by atoms with Crippen LogP contribution in [-0.4, -0.2) is 13.1 Å². The monoisotopic (exact) mass is 195 g/mol. The van der Waals surface area contributed by atoms with E-state index in [1.165, 1.54) is 11.1 Å². The summed E-state index contributed by atoms with van der Waals surface area (Å²) in [4.78, 5) is 0. The first kappa shape index (κ1) is 13.4. The number of nitrogens with one attached hydrogen (secondary N) is 1. The maximum absolute atomic E-state index is 3.92. The van der Waals surface area contributed by atoms with Crippen molar-refractivity contribution in [2.75, 3.05) is 7.05 Å². The second-order valence-electron chi connectivity index (χ2n) is 4.36. The molecule has 82 valence electrons. The zero-order chi connectivity index (χ0) is 11.3. The lowest BCUT2D eigenvalue weighted by Crippen LogP contribution is -2.30. The fourth-order valence-corrected chi connectivity index (χ4v) is 1.56. The molecule has 0 aromatic rings. The lowest BCUT2D eigenvalue weighted by atomic mass is 9.87. The van der Waals surface area contributed by atoms with Gasteiger partial charge >= 0.3 is 0 Å². The predicted molar refractivity (Wildman–Crippen MR) is 65.4 cm³/mol. The van der Waals surface area contributed by atoms with E-state index in [1.54, 1.807) is 0 Å². The standard InChI is InChI=1S/C13H25N/c1-8-13(10(4)9(2)3)11(5)12(6)14-7/h8-9,11-12,14H,1H2,2-7H3. The van der Waals surface area contributed by atoms with Crippen LogP contribution in [0.3, 0.4) is 0 Å². The first-order valence-corrected chi connectivity index (χ1v) is 5.46. The van der Waals surface area contributed by atoms with Crippen LogP contribution in [0.4, 0.5) is 0 Å². The van der Waals surface area contributed by atoms with Gasteiger partial charge in [0.1, 0.15) is 0 Å². The van der Waals surface area contributed by atoms with Crippen LogP contribution < -0.4 is 5.32 Å². The Morgan fingerprint density at radius 2 is 1.71 bits per heavy atom. The molecule has 1 N–H and O–H groups in total. The molecule has 2 atom stereocenters. The molecule has 0 aromatic carbocycles. The summed E-state index contributed by atoms with van der Waals surface area (Å²) < 4.78 is 0. The molecule has 0 aliphatic heterocycles. The second kappa shape index (κ2) is 6.02. The molecule has 0 rings (SSSR count). The van der Waals surface area contributed by atoms with Crippen LogP contribution in [0.2, 0.25) is 0 Å². The Hall–Kier alpha value is -0.560. The summed E-state index contributed by atoms with van der Waals surface area (Å²) in [6.07, 6.45) is 2.01. The number of hydrogen-bond donors (Lipinski definition) is 1. The summed E-state index contributed by atoms with van der Waals surface area (Å²) in [5.74, 6) is 1.13. The molecular weight excluding hydrogens is 170 g/mol. The molecule has 0 saturated carbocycles. The largest absolute Gasteiger partial charge is 0.317 e. The Kier molecular flexibility index (Phi) is 5.78. The summed E-state index contributed by atoms with van der Waals surface area (Å²) in [5.41, 5.74) is 2.84. The number of hydrogen-bond acceptors (Lipinski definition) is 1. The van der Waals surface area contributed by atoms with Crippen molar-refractivity contribution in [3.05, 3.63) is 23.8 Å². The van der Waals surface area contributed by atoms with E-state index in [1.807, 2.05) is 13.1 Å². The van der Waals surface area contributed by atoms with Crippen LogP contribution in [0.5, 0.6) is 0 Å². The molecule has 0 fully saturated rings. The Balaban J connectivity index is 4.88. The maximum Gasteiger partial charge on any atom is 0.0102 e. The average molecular weight is 195 g/mol. The van der Waals surface area contributed by atoms with E-state index >= 15 is 0 Å². The van der Waals surface area contributed by atoms with Crippen LogP contribution in [0.1, 0.15) is 34.6 Å². The van der Waals surface area contributed by atoms with Crippen molar-refractivity contribution in [2.24, 2.45) is 11.8 Å². The Morgan fingerprint density at radius 3 is 2.00 bits per heavy atom. The molecule has 0 bridgehead atoms. The summed E-state index contributed by atoms with van der Waals surface area (Å²) >= 11 is 0. The highest BCUT2D eigenvalue weighted by atomic mass is 14.9. The van der Waals surface area contributed by atoms with Crippen LogP contribution >= 0.6 is 0 Å². The zero-order valence-corrected chi connectivity index (χ0v) is 10.5. The van der Waals surface area contributed by atoms with E-state index in [0.29, 0.717) is 17.9 Å². The Bertz CT molecular complexity index is 213. The third-order valence-corrected chi connectivity index (χ3v) is 3.24. The van der Waals surface area contributed by atoms with Crippen molar-refractivity contribution in [2.45, 2.75) is 40.7 Å². The van der Waals surface area contributed by atoms with Gasteiger partial charge in [0.25, 0.3) is 0 Å². The van der Waals surface area contributed by atoms with Crippen LogP contribution in [-0.2, 0) is 0 Å². The summed E-state index contributed by atoms with van der Waals surface area (Å²) in [5, 5.41) is 3.29. The fraction of sp³-hybridized carbons (Fsp3) is 0.692. The van der Waals surface area contributed by atoms with Gasteiger partial charge in [0.15, 0.2) is 0 Å². The zero-order valence-electron chi connectivity index (χ0n) is 10.5. The van der Waals surface area contributed by atoms with Crippen molar-refractivity contribution in [3.63, 3.8) is 0 Å². The molecule has 0 spiro atoms. The SMILES string of the molecule is C=CC(=C(C)C(C)C)C(C)C(C)NC. The van der Waals surface area contributed by atoms with Gasteiger partial charge in [-0.3, -0.25) is 0 Å². The lowest BCUT2D eigenvalue weighted by Gasteiger charge is -2.24. The smallest absolute Gasteiger partial charge is 0.0102 e. The van der Waals surface area contributed by atoms with E-state index in [-0.39, 0.29) is 0 Å². The second-order valence-corrected chi connectivity index (χ2v) is 4.36. The van der Waals surface area contributed by atoms with E-state index in [0.717, 1.165) is 0 Å². The van der Waals surface area contributed by atoms with Gasteiger partial charge in [-0.1, -0.05) is 39.0 Å². The molecule has 0 amide bonds. The first-order chi connectivity index (χ1) is 6.45. The van der Waals surface area contributed by atoms with Crippen LogP contribution in [0.15, 0.2) is 23.8 Å². The Labute approximate surface area is 89.3 Å². The first-order valence-electron chi connectivity index (χ1n) is 5.46. The quantitative estimate of drug-likeness (QED) is 0.663. The molecule has 0 heterocycles. The highest BCUT2D eigenvalue weighted by molar-refractivity contribution is 5.27. The van der Waals surface area contributed by atoms with Gasteiger partial charge in [-0.05, 0) is 38.3 Å². The molecule has 14 heavy (non-hydrogen) atoms. The van der Waals surface area contributed by atoms with Crippen molar-refractivity contribution in [1.82, 2.24) is 5.32 Å². The molecule has 0 aliphatic carbocycles. The number of allylic oxidation sites excluding steroid dienone is 2. The highest BCUT2D eigenvalue weighted by Gasteiger charge is 2.15. The summed E-state index contributed by atoms with van der Waals surface area (Å²) in [6.45, 7) is 15.1. The third kappa shape index (κ3) is 3.30. The van der Waals surface area contributed by atoms with Crippen molar-refractivity contribution in [3.8, 4) is 0 Å². The predicted octanol–water partition coefficient (Wildman–Crippen LogP) is 3.39. The van der Waals surface area contributed by atoms with Gasteiger partial charge in [0, 0.05) is 6.04 Å². The minimum Gasteiger partial charge on any atom is -0.317 e. The summed E-state index contributed by atoms with van der Waals surface area (Å²) in [7, 11) is 2.01. The average Bonchev–Trinajstić information content (AvgIpc) is 2.17. The molecule has 0 radical (unpaired) electrons. The van der Waals surface area contributed by atoms with E-state index in [2.05, 4.69) is 46.5 Å². The molecule has 2 unspecified atom stereocenters. The molecule has 0 aromatic heterocycles. The van der Waals surface area contributed by atoms with E-state index in [4.69, 9.17) is 0 Å². The van der Waals surface area contributed by atoms with E-state index in [9.17, 15) is 0 Å². The van der Waals surface area contributed by atoms with Crippen LogP contribution in [0, 0.1) is 11.8 Å². The molecular formula is C13H25N. The van der Waals surface area contributed by atoms with Gasteiger partial charge in [-0.2, -0.15) is 0 Å². The molecule has 1 heteroatoms. The minimum absolute atomic E-state index is 0.497. The van der Waals surface area contributed by atoms with Crippen molar-refractivity contribution >= 4 is 0 Å². The van der Waals surface area contributed by atoms with Gasteiger partial charge < -0.3 is 5.32 Å². The molecule has 0 aliphatic rings. The molecule has 1 nitrogen and oxygen atoms in total. The van der Waals surface area contributed by atoms with Gasteiger partial charge in [0.05, 0.1) is 0 Å². The minimum atomic E-state index is 0.497. The van der Waals surface area contributed by atoms with Gasteiger partial charge in [-0.25, -0.2) is 0 Å². The van der Waals surface area contributed by atoms with Crippen molar-refractivity contribution < 1.29 is 0 Å². The third-order valence-electron chi connectivity index (χ3n) is 3.24. The van der Waals surface area contributed by atoms with Crippen LogP contribution in [0.25, 0.3) is 0 Å². The van der Waals surface area contributed by atoms with Crippen molar-refractivity contribution in [1.29, 1.82) is 0 Å². The topological polar surface area (TPSA) is 12.0 Å². The van der Waals surface area contributed by atoms with Gasteiger partial charge in [0.2, 0.25) is 0 Å². The highest BCUT2D eigenvalue weighted by Crippen LogP contribution is 2.24. The number of rotatable bonds is 5. The summed E-state index contributed by atoms with van der Waals surface area (Å²) in [6, 6.07) is 0.497. The normalized spacial score (nSPS) is 17.6. The fourth-order valence-electron chi connectivity index (χ4n) is 1.56. The lowest BCUT2D eigenvalue weighted by molar-refractivity contribution is 0.479. The maximum atomic E-state index is 3.92. The van der Waals surface area contributed by atoms with Gasteiger partial charge in [-0.15, -0.1) is 0 Å².